The first kappa shape index (κ1) is 12.9. The minimum Gasteiger partial charge on any atom is -0.481 e. The largest absolute Gasteiger partial charge is 0.481 e. The van der Waals surface area contributed by atoms with Crippen molar-refractivity contribution in [3.05, 3.63) is 17.8 Å². The highest BCUT2D eigenvalue weighted by molar-refractivity contribution is 5.68. The summed E-state index contributed by atoms with van der Waals surface area (Å²) >= 11 is 0. The Bertz CT molecular complexity index is 439. The number of nitrogens with zero attached hydrogens (tertiary/aromatic N) is 3. The number of nitrogens with one attached hydrogen (secondary N) is 1. The van der Waals surface area contributed by atoms with Gasteiger partial charge in [-0.1, -0.05) is 13.8 Å². The van der Waals surface area contributed by atoms with Gasteiger partial charge in [0.05, 0.1) is 18.2 Å². The highest BCUT2D eigenvalue weighted by Crippen LogP contribution is 2.15. The van der Waals surface area contributed by atoms with Crippen molar-refractivity contribution in [2.24, 2.45) is 5.92 Å². The molecule has 1 aromatic rings. The Morgan fingerprint density at radius 2 is 2.35 bits per heavy atom. The van der Waals surface area contributed by atoms with Crippen molar-refractivity contribution in [2.75, 3.05) is 5.32 Å². The molecule has 0 aliphatic carbocycles. The Hall–Kier alpha value is -2.16. The Labute approximate surface area is 99.3 Å². The molecule has 1 rings (SSSR count). The van der Waals surface area contributed by atoms with E-state index >= 15 is 0 Å². The van der Waals surface area contributed by atoms with Gasteiger partial charge in [-0.05, 0) is 12.0 Å². The van der Waals surface area contributed by atoms with E-state index in [2.05, 4.69) is 15.5 Å². The number of hydrogen-bond donors (Lipinski definition) is 2. The van der Waals surface area contributed by atoms with Gasteiger partial charge >= 0.3 is 5.97 Å². The zero-order valence-corrected chi connectivity index (χ0v) is 9.71. The van der Waals surface area contributed by atoms with E-state index in [1.807, 2.05) is 19.9 Å². The van der Waals surface area contributed by atoms with Gasteiger partial charge in [0.25, 0.3) is 0 Å². The minimum absolute atomic E-state index is 0.0287. The number of rotatable bonds is 5. The van der Waals surface area contributed by atoms with E-state index in [-0.39, 0.29) is 18.4 Å². The summed E-state index contributed by atoms with van der Waals surface area (Å²) in [6, 6.07) is 3.23. The lowest BCUT2D eigenvalue weighted by Gasteiger charge is -2.21. The van der Waals surface area contributed by atoms with Crippen LogP contribution in [-0.2, 0) is 4.79 Å². The van der Waals surface area contributed by atoms with Crippen LogP contribution in [0.2, 0.25) is 0 Å². The third kappa shape index (κ3) is 3.72. The molecule has 0 amide bonds. The molecule has 0 fully saturated rings. The van der Waals surface area contributed by atoms with Gasteiger partial charge < -0.3 is 10.4 Å². The highest BCUT2D eigenvalue weighted by Gasteiger charge is 2.18. The van der Waals surface area contributed by atoms with Crippen molar-refractivity contribution >= 4 is 11.8 Å². The zero-order valence-electron chi connectivity index (χ0n) is 9.71. The van der Waals surface area contributed by atoms with E-state index in [4.69, 9.17) is 10.4 Å². The number of nitriles is 1. The fraction of sp³-hybridized carbons (Fsp3) is 0.455. The summed E-state index contributed by atoms with van der Waals surface area (Å²) in [6.45, 7) is 3.81. The molecule has 0 aliphatic heterocycles. The van der Waals surface area contributed by atoms with Gasteiger partial charge in [0.15, 0.2) is 5.82 Å². The molecule has 0 aliphatic rings. The van der Waals surface area contributed by atoms with Crippen LogP contribution in [0.3, 0.4) is 0 Å². The summed E-state index contributed by atoms with van der Waals surface area (Å²) in [4.78, 5) is 10.7. The normalized spacial score (nSPS) is 11.9. The van der Waals surface area contributed by atoms with Crippen LogP contribution in [0.15, 0.2) is 12.3 Å². The van der Waals surface area contributed by atoms with E-state index in [0.29, 0.717) is 11.4 Å². The smallest absolute Gasteiger partial charge is 0.305 e. The van der Waals surface area contributed by atoms with Crippen molar-refractivity contribution in [1.29, 1.82) is 5.26 Å². The summed E-state index contributed by atoms with van der Waals surface area (Å²) in [7, 11) is 0. The molecule has 0 saturated heterocycles. The van der Waals surface area contributed by atoms with E-state index in [9.17, 15) is 4.79 Å². The molecular weight excluding hydrogens is 220 g/mol. The Kier molecular flexibility index (Phi) is 4.40. The van der Waals surface area contributed by atoms with Crippen LogP contribution in [0.25, 0.3) is 0 Å². The van der Waals surface area contributed by atoms with E-state index < -0.39 is 5.97 Å². The minimum atomic E-state index is -0.890. The van der Waals surface area contributed by atoms with Crippen LogP contribution >= 0.6 is 0 Å². The number of aromatic nitrogens is 2. The molecule has 0 saturated carbocycles. The molecule has 0 bridgehead atoms. The average Bonchev–Trinajstić information content (AvgIpc) is 2.28. The maximum absolute atomic E-state index is 10.7. The number of anilines is 1. The third-order valence-electron chi connectivity index (χ3n) is 2.36. The molecule has 1 heterocycles. The highest BCUT2D eigenvalue weighted by atomic mass is 16.4. The van der Waals surface area contributed by atoms with E-state index in [0.717, 1.165) is 0 Å². The maximum Gasteiger partial charge on any atom is 0.305 e. The quantitative estimate of drug-likeness (QED) is 0.795. The molecule has 6 nitrogen and oxygen atoms in total. The first-order valence-corrected chi connectivity index (χ1v) is 5.24. The van der Waals surface area contributed by atoms with Gasteiger partial charge in [0.2, 0.25) is 0 Å². The lowest BCUT2D eigenvalue weighted by atomic mass is 10.0. The van der Waals surface area contributed by atoms with E-state index in [1.165, 1.54) is 12.3 Å². The predicted octanol–water partition coefficient (Wildman–Crippen LogP) is 1.26. The molecule has 2 N–H and O–H groups in total. The number of aliphatic carboxylic acids is 1. The summed E-state index contributed by atoms with van der Waals surface area (Å²) in [5, 5.41) is 28.1. The molecule has 0 aromatic carbocycles. The lowest BCUT2D eigenvalue weighted by Crippen LogP contribution is -2.29. The van der Waals surface area contributed by atoms with Crippen LogP contribution in [-0.4, -0.2) is 27.3 Å². The average molecular weight is 234 g/mol. The van der Waals surface area contributed by atoms with Gasteiger partial charge in [-0.15, -0.1) is 5.10 Å². The molecule has 1 atom stereocenters. The van der Waals surface area contributed by atoms with Crippen molar-refractivity contribution in [2.45, 2.75) is 26.3 Å². The van der Waals surface area contributed by atoms with Crippen molar-refractivity contribution < 1.29 is 9.90 Å². The number of carboxylic acid groups (broad SMARTS) is 1. The fourth-order valence-electron chi connectivity index (χ4n) is 1.35. The Morgan fingerprint density at radius 3 is 2.88 bits per heavy atom. The number of carbonyl (C=O) groups is 1. The fourth-order valence-corrected chi connectivity index (χ4v) is 1.35. The second-order valence-electron chi connectivity index (χ2n) is 4.00. The lowest BCUT2D eigenvalue weighted by molar-refractivity contribution is -0.137. The van der Waals surface area contributed by atoms with Crippen LogP contribution in [0.1, 0.15) is 25.8 Å². The van der Waals surface area contributed by atoms with Gasteiger partial charge in [-0.2, -0.15) is 10.4 Å². The second kappa shape index (κ2) is 5.80. The molecule has 0 radical (unpaired) electrons. The van der Waals surface area contributed by atoms with Gasteiger partial charge in [0.1, 0.15) is 6.07 Å². The van der Waals surface area contributed by atoms with Gasteiger partial charge in [-0.25, -0.2) is 0 Å². The molecule has 17 heavy (non-hydrogen) atoms. The van der Waals surface area contributed by atoms with Crippen molar-refractivity contribution in [3.8, 4) is 6.07 Å². The topological polar surface area (TPSA) is 98.9 Å². The summed E-state index contributed by atoms with van der Waals surface area (Å²) < 4.78 is 0. The van der Waals surface area contributed by atoms with Gasteiger partial charge in [0, 0.05) is 6.04 Å². The summed E-state index contributed by atoms with van der Waals surface area (Å²) in [5.74, 6) is -0.451. The molecule has 0 spiro atoms. The first-order chi connectivity index (χ1) is 8.04. The number of carboxylic acids is 1. The SMILES string of the molecule is CC(C)C(CC(=O)O)Nc1nnccc1C#N. The first-order valence-electron chi connectivity index (χ1n) is 5.24. The zero-order chi connectivity index (χ0) is 12.8. The van der Waals surface area contributed by atoms with Crippen LogP contribution in [0.5, 0.6) is 0 Å². The van der Waals surface area contributed by atoms with Crippen LogP contribution in [0, 0.1) is 17.2 Å². The molecular formula is C11H14N4O2. The predicted molar refractivity (Wildman–Crippen MR) is 61.2 cm³/mol. The van der Waals surface area contributed by atoms with Crippen LogP contribution < -0.4 is 5.32 Å². The monoisotopic (exact) mass is 234 g/mol. The standard InChI is InChI=1S/C11H14N4O2/c1-7(2)9(5-10(16)17)14-11-8(6-12)3-4-13-15-11/h3-4,7,9H,5H2,1-2H3,(H,14,15)(H,16,17). The maximum atomic E-state index is 10.7. The Morgan fingerprint density at radius 1 is 1.65 bits per heavy atom. The Balaban J connectivity index is 2.86. The van der Waals surface area contributed by atoms with E-state index in [1.54, 1.807) is 0 Å². The molecule has 1 aromatic heterocycles. The van der Waals surface area contributed by atoms with Crippen molar-refractivity contribution in [1.82, 2.24) is 10.2 Å². The molecule has 90 valence electrons. The van der Waals surface area contributed by atoms with Crippen LogP contribution in [0.4, 0.5) is 5.82 Å². The van der Waals surface area contributed by atoms with Crippen molar-refractivity contribution in [3.63, 3.8) is 0 Å². The second-order valence-corrected chi connectivity index (χ2v) is 4.00. The number of hydrogen-bond acceptors (Lipinski definition) is 5. The van der Waals surface area contributed by atoms with Gasteiger partial charge in [-0.3, -0.25) is 4.79 Å². The third-order valence-corrected chi connectivity index (χ3v) is 2.36. The summed E-state index contributed by atoms with van der Waals surface area (Å²) in [5.41, 5.74) is 0.357. The molecule has 6 heteroatoms. The summed E-state index contributed by atoms with van der Waals surface area (Å²) in [6.07, 6.45) is 1.39. The molecule has 1 unspecified atom stereocenters.